The van der Waals surface area contributed by atoms with E-state index in [0.29, 0.717) is 12.1 Å². The van der Waals surface area contributed by atoms with E-state index in [1.165, 1.54) is 11.9 Å². The Morgan fingerprint density at radius 2 is 2.31 bits per heavy atom. The fourth-order valence-corrected chi connectivity index (χ4v) is 1.84. The summed E-state index contributed by atoms with van der Waals surface area (Å²) in [6.07, 6.45) is 1.06. The lowest BCUT2D eigenvalue weighted by molar-refractivity contribution is 0.471. The second-order valence-electron chi connectivity index (χ2n) is 2.72. The molecule has 0 aliphatic carbocycles. The Bertz CT molecular complexity index is 281. The highest BCUT2D eigenvalue weighted by Crippen LogP contribution is 2.25. The van der Waals surface area contributed by atoms with E-state index in [1.54, 1.807) is 0 Å². The van der Waals surface area contributed by atoms with Crippen molar-refractivity contribution in [3.8, 4) is 0 Å². The van der Waals surface area contributed by atoms with Crippen molar-refractivity contribution in [3.05, 3.63) is 11.8 Å². The standard InChI is InChI=1S/C8H13N3OS/c1-4-9-8-6(5-12)7(10-13-8)11(2)3/h5,12H,4H2,1-3H3/b6-5-,9-8+. The molecule has 0 fully saturated rings. The molecule has 0 unspecified atom stereocenters. The lowest BCUT2D eigenvalue weighted by Crippen LogP contribution is -2.23. The van der Waals surface area contributed by atoms with Gasteiger partial charge in [-0.3, -0.25) is 4.99 Å². The monoisotopic (exact) mass is 199 g/mol. The van der Waals surface area contributed by atoms with Crippen molar-refractivity contribution in [1.29, 1.82) is 0 Å². The predicted octanol–water partition coefficient (Wildman–Crippen LogP) is 1.47. The van der Waals surface area contributed by atoms with Gasteiger partial charge in [0, 0.05) is 32.6 Å². The van der Waals surface area contributed by atoms with Gasteiger partial charge in [-0.05, 0) is 6.92 Å². The van der Waals surface area contributed by atoms with Crippen molar-refractivity contribution in [2.75, 3.05) is 20.6 Å². The fraction of sp³-hybridized carbons (Fsp3) is 0.500. The Balaban J connectivity index is 2.90. The molecule has 0 saturated heterocycles. The van der Waals surface area contributed by atoms with E-state index in [2.05, 4.69) is 9.39 Å². The number of aliphatic hydroxyl groups is 1. The van der Waals surface area contributed by atoms with E-state index in [0.717, 1.165) is 17.1 Å². The molecule has 0 aromatic heterocycles. The number of aliphatic hydroxyl groups excluding tert-OH is 1. The molecule has 1 aliphatic rings. The van der Waals surface area contributed by atoms with Crippen LogP contribution in [0, 0.1) is 0 Å². The van der Waals surface area contributed by atoms with Gasteiger partial charge in [0.2, 0.25) is 0 Å². The molecule has 1 N–H and O–H groups in total. The molecular weight excluding hydrogens is 186 g/mol. The fourth-order valence-electron chi connectivity index (χ4n) is 0.974. The minimum absolute atomic E-state index is 0.704. The highest BCUT2D eigenvalue weighted by Gasteiger charge is 2.23. The van der Waals surface area contributed by atoms with E-state index in [-0.39, 0.29) is 0 Å². The quantitative estimate of drug-likeness (QED) is 0.514. The molecule has 0 spiro atoms. The Kier molecular flexibility index (Phi) is 3.36. The molecule has 0 atom stereocenters. The third kappa shape index (κ3) is 2.03. The van der Waals surface area contributed by atoms with E-state index in [1.807, 2.05) is 25.9 Å². The number of rotatable bonds is 1. The molecule has 1 heterocycles. The Labute approximate surface area is 82.2 Å². The lowest BCUT2D eigenvalue weighted by Gasteiger charge is -2.11. The zero-order chi connectivity index (χ0) is 9.84. The first kappa shape index (κ1) is 10.1. The average Bonchev–Trinajstić information content (AvgIpc) is 2.48. The number of amidine groups is 1. The van der Waals surface area contributed by atoms with E-state index in [4.69, 9.17) is 5.11 Å². The van der Waals surface area contributed by atoms with E-state index in [9.17, 15) is 0 Å². The summed E-state index contributed by atoms with van der Waals surface area (Å²) in [6.45, 7) is 2.66. The zero-order valence-electron chi connectivity index (χ0n) is 7.98. The van der Waals surface area contributed by atoms with Gasteiger partial charge in [-0.1, -0.05) is 0 Å². The second-order valence-corrected chi connectivity index (χ2v) is 3.47. The molecular formula is C8H13N3OS. The Hall–Kier alpha value is -0.970. The first-order valence-electron chi connectivity index (χ1n) is 4.02. The third-order valence-corrected chi connectivity index (χ3v) is 2.33. The number of hydrogen-bond acceptors (Lipinski definition) is 5. The summed E-state index contributed by atoms with van der Waals surface area (Å²) in [5.41, 5.74) is 0.705. The van der Waals surface area contributed by atoms with Crippen LogP contribution in [-0.4, -0.2) is 41.5 Å². The number of aliphatic imine (C=N–C) groups is 1. The van der Waals surface area contributed by atoms with Crippen LogP contribution >= 0.6 is 11.9 Å². The van der Waals surface area contributed by atoms with Gasteiger partial charge in [-0.25, -0.2) is 0 Å². The third-order valence-electron chi connectivity index (χ3n) is 1.54. The minimum Gasteiger partial charge on any atom is -0.515 e. The second kappa shape index (κ2) is 4.32. The van der Waals surface area contributed by atoms with Gasteiger partial charge in [0.25, 0.3) is 0 Å². The number of nitrogens with zero attached hydrogens (tertiary/aromatic N) is 3. The summed E-state index contributed by atoms with van der Waals surface area (Å²) in [5, 5.41) is 9.80. The van der Waals surface area contributed by atoms with Crippen molar-refractivity contribution in [2.45, 2.75) is 6.92 Å². The zero-order valence-corrected chi connectivity index (χ0v) is 8.80. The van der Waals surface area contributed by atoms with Crippen LogP contribution in [0.4, 0.5) is 0 Å². The molecule has 0 aromatic rings. The van der Waals surface area contributed by atoms with Gasteiger partial charge in [0.05, 0.1) is 11.8 Å². The van der Waals surface area contributed by atoms with Gasteiger partial charge in [0.15, 0.2) is 0 Å². The SMILES string of the molecule is CC/N=C1/SN=C(N(C)C)/C1=C/O. The van der Waals surface area contributed by atoms with Gasteiger partial charge >= 0.3 is 0 Å². The highest BCUT2D eigenvalue weighted by molar-refractivity contribution is 8.14. The molecule has 72 valence electrons. The van der Waals surface area contributed by atoms with E-state index < -0.39 is 0 Å². The van der Waals surface area contributed by atoms with Gasteiger partial charge in [-0.2, -0.15) is 4.40 Å². The topological polar surface area (TPSA) is 48.2 Å². The van der Waals surface area contributed by atoms with E-state index >= 15 is 0 Å². The molecule has 0 saturated carbocycles. The Morgan fingerprint density at radius 1 is 1.62 bits per heavy atom. The first-order valence-corrected chi connectivity index (χ1v) is 4.80. The maximum atomic E-state index is 9.02. The van der Waals surface area contributed by atoms with Crippen molar-refractivity contribution in [2.24, 2.45) is 9.39 Å². The van der Waals surface area contributed by atoms with Crippen LogP contribution < -0.4 is 0 Å². The molecule has 0 radical (unpaired) electrons. The largest absolute Gasteiger partial charge is 0.515 e. The summed E-state index contributed by atoms with van der Waals surface area (Å²) in [4.78, 5) is 6.07. The molecule has 13 heavy (non-hydrogen) atoms. The molecule has 1 aliphatic heterocycles. The first-order chi connectivity index (χ1) is 6.20. The summed E-state index contributed by atoms with van der Waals surface area (Å²) in [5.74, 6) is 0.764. The van der Waals surface area contributed by atoms with Crippen LogP contribution in [0.5, 0.6) is 0 Å². The van der Waals surface area contributed by atoms with Gasteiger partial charge < -0.3 is 10.0 Å². The lowest BCUT2D eigenvalue weighted by atomic mass is 10.3. The normalized spacial score (nSPS) is 22.5. The summed E-state index contributed by atoms with van der Waals surface area (Å²) < 4.78 is 4.19. The van der Waals surface area contributed by atoms with Crippen LogP contribution in [-0.2, 0) is 0 Å². The molecule has 4 nitrogen and oxygen atoms in total. The van der Waals surface area contributed by atoms with Crippen LogP contribution in [0.1, 0.15) is 6.92 Å². The Morgan fingerprint density at radius 3 is 2.77 bits per heavy atom. The predicted molar refractivity (Wildman–Crippen MR) is 57.4 cm³/mol. The number of hydrogen-bond donors (Lipinski definition) is 1. The van der Waals surface area contributed by atoms with Crippen molar-refractivity contribution >= 4 is 22.8 Å². The minimum atomic E-state index is 0.704. The summed E-state index contributed by atoms with van der Waals surface area (Å²) >= 11 is 1.30. The van der Waals surface area contributed by atoms with Gasteiger partial charge in [0.1, 0.15) is 10.9 Å². The number of likely N-dealkylation sites (N-methyl/N-ethyl adjacent to an activating group) is 1. The van der Waals surface area contributed by atoms with Gasteiger partial charge in [-0.15, -0.1) is 0 Å². The van der Waals surface area contributed by atoms with Crippen molar-refractivity contribution in [3.63, 3.8) is 0 Å². The molecule has 0 amide bonds. The molecule has 0 aromatic carbocycles. The van der Waals surface area contributed by atoms with Crippen molar-refractivity contribution < 1.29 is 5.11 Å². The maximum Gasteiger partial charge on any atom is 0.149 e. The van der Waals surface area contributed by atoms with Crippen LogP contribution in [0.2, 0.25) is 0 Å². The average molecular weight is 199 g/mol. The maximum absolute atomic E-state index is 9.02. The molecule has 5 heteroatoms. The summed E-state index contributed by atoms with van der Waals surface area (Å²) in [7, 11) is 3.77. The molecule has 0 bridgehead atoms. The van der Waals surface area contributed by atoms with Crippen LogP contribution in [0.15, 0.2) is 21.2 Å². The molecule has 1 rings (SSSR count). The van der Waals surface area contributed by atoms with Crippen molar-refractivity contribution in [1.82, 2.24) is 4.90 Å². The summed E-state index contributed by atoms with van der Waals surface area (Å²) in [6, 6.07) is 0. The van der Waals surface area contributed by atoms with Crippen LogP contribution in [0.25, 0.3) is 0 Å². The smallest absolute Gasteiger partial charge is 0.149 e. The highest BCUT2D eigenvalue weighted by atomic mass is 32.2. The van der Waals surface area contributed by atoms with Crippen LogP contribution in [0.3, 0.4) is 0 Å².